The van der Waals surface area contributed by atoms with Crippen LogP contribution in [0.3, 0.4) is 0 Å². The Morgan fingerprint density at radius 3 is 2.26 bits per heavy atom. The van der Waals surface area contributed by atoms with E-state index >= 15 is 0 Å². The van der Waals surface area contributed by atoms with Crippen molar-refractivity contribution in [2.75, 3.05) is 12.3 Å². The molecule has 0 radical (unpaired) electrons. The van der Waals surface area contributed by atoms with Gasteiger partial charge in [-0.25, -0.2) is 0 Å². The van der Waals surface area contributed by atoms with Gasteiger partial charge >= 0.3 is 0 Å². The number of nitrogen functional groups attached to an aromatic ring is 1. The second-order valence-corrected chi connectivity index (χ2v) is 4.38. The minimum atomic E-state index is -1.45. The third kappa shape index (κ3) is 2.96. The van der Waals surface area contributed by atoms with Crippen molar-refractivity contribution < 1.29 is 29.9 Å². The Morgan fingerprint density at radius 1 is 1.05 bits per heavy atom. The Balaban J connectivity index is 2.08. The van der Waals surface area contributed by atoms with Crippen LogP contribution >= 0.6 is 0 Å². The summed E-state index contributed by atoms with van der Waals surface area (Å²) >= 11 is 0. The fraction of sp³-hybridized carbons (Fsp3) is 0.500. The van der Waals surface area contributed by atoms with Crippen molar-refractivity contribution in [3.8, 4) is 5.75 Å². The zero-order chi connectivity index (χ0) is 14.0. The average molecular weight is 271 g/mol. The summed E-state index contributed by atoms with van der Waals surface area (Å²) in [5.74, 6) is 0.388. The second kappa shape index (κ2) is 5.72. The molecule has 106 valence electrons. The van der Waals surface area contributed by atoms with Gasteiger partial charge in [-0.15, -0.1) is 0 Å². The first-order valence-corrected chi connectivity index (χ1v) is 5.85. The van der Waals surface area contributed by atoms with Gasteiger partial charge in [-0.1, -0.05) is 0 Å². The van der Waals surface area contributed by atoms with Crippen LogP contribution < -0.4 is 10.5 Å². The molecule has 1 fully saturated rings. The normalized spacial score (nSPS) is 35.1. The maximum atomic E-state index is 9.77. The third-order valence-corrected chi connectivity index (χ3v) is 2.98. The summed E-state index contributed by atoms with van der Waals surface area (Å²) in [6, 6.07) is 6.38. The van der Waals surface area contributed by atoms with Gasteiger partial charge in [0.2, 0.25) is 6.29 Å². The summed E-state index contributed by atoms with van der Waals surface area (Å²) in [5.41, 5.74) is 6.09. The molecule has 7 heteroatoms. The molecule has 0 bridgehead atoms. The zero-order valence-corrected chi connectivity index (χ0v) is 10.1. The molecular weight excluding hydrogens is 254 g/mol. The summed E-state index contributed by atoms with van der Waals surface area (Å²) in [5, 5.41) is 38.0. The molecule has 2 rings (SSSR count). The molecule has 0 spiro atoms. The average Bonchev–Trinajstić information content (AvgIpc) is 2.42. The van der Waals surface area contributed by atoms with E-state index in [0.29, 0.717) is 11.4 Å². The van der Waals surface area contributed by atoms with Gasteiger partial charge in [0.1, 0.15) is 30.2 Å². The SMILES string of the molecule is Nc1ccc(O[C@H]2O[C@@H](CO)[C@@H](O)[C@@H](O)[C@H]2O)cc1. The lowest BCUT2D eigenvalue weighted by Gasteiger charge is -2.39. The van der Waals surface area contributed by atoms with Crippen molar-refractivity contribution in [2.45, 2.75) is 30.7 Å². The maximum Gasteiger partial charge on any atom is 0.229 e. The Morgan fingerprint density at radius 2 is 1.68 bits per heavy atom. The van der Waals surface area contributed by atoms with Gasteiger partial charge in [0, 0.05) is 5.69 Å². The number of anilines is 1. The molecule has 1 aliphatic heterocycles. The molecule has 1 aromatic rings. The monoisotopic (exact) mass is 271 g/mol. The zero-order valence-electron chi connectivity index (χ0n) is 10.1. The van der Waals surface area contributed by atoms with Gasteiger partial charge < -0.3 is 35.6 Å². The lowest BCUT2D eigenvalue weighted by atomic mass is 9.99. The lowest BCUT2D eigenvalue weighted by Crippen LogP contribution is -2.60. The highest BCUT2D eigenvalue weighted by Crippen LogP contribution is 2.24. The Kier molecular flexibility index (Phi) is 4.23. The molecule has 1 aromatic carbocycles. The Bertz CT molecular complexity index is 409. The van der Waals surface area contributed by atoms with Crippen molar-refractivity contribution in [3.63, 3.8) is 0 Å². The molecule has 0 saturated carbocycles. The molecule has 7 nitrogen and oxygen atoms in total. The van der Waals surface area contributed by atoms with Crippen molar-refractivity contribution in [1.29, 1.82) is 0 Å². The molecule has 0 amide bonds. The molecule has 19 heavy (non-hydrogen) atoms. The number of rotatable bonds is 3. The van der Waals surface area contributed by atoms with Gasteiger partial charge in [0.25, 0.3) is 0 Å². The summed E-state index contributed by atoms with van der Waals surface area (Å²) in [6.45, 7) is -0.494. The summed E-state index contributed by atoms with van der Waals surface area (Å²) in [6.07, 6.45) is -6.44. The van der Waals surface area contributed by atoms with E-state index in [-0.39, 0.29) is 0 Å². The fourth-order valence-corrected chi connectivity index (χ4v) is 1.85. The first-order valence-electron chi connectivity index (χ1n) is 5.85. The van der Waals surface area contributed by atoms with Crippen LogP contribution in [0.1, 0.15) is 0 Å². The lowest BCUT2D eigenvalue weighted by molar-refractivity contribution is -0.277. The highest BCUT2D eigenvalue weighted by molar-refractivity contribution is 5.41. The number of benzene rings is 1. The summed E-state index contributed by atoms with van der Waals surface area (Å²) in [4.78, 5) is 0. The van der Waals surface area contributed by atoms with E-state index in [1.54, 1.807) is 24.3 Å². The van der Waals surface area contributed by atoms with Crippen LogP contribution in [0.2, 0.25) is 0 Å². The van der Waals surface area contributed by atoms with E-state index in [1.165, 1.54) is 0 Å². The molecule has 1 saturated heterocycles. The van der Waals surface area contributed by atoms with Crippen LogP contribution in [0.4, 0.5) is 5.69 Å². The van der Waals surface area contributed by atoms with E-state index in [1.807, 2.05) is 0 Å². The van der Waals surface area contributed by atoms with Gasteiger partial charge in [-0.05, 0) is 24.3 Å². The highest BCUT2D eigenvalue weighted by Gasteiger charge is 2.44. The predicted molar refractivity (Wildman–Crippen MR) is 65.2 cm³/mol. The molecule has 1 heterocycles. The van der Waals surface area contributed by atoms with E-state index in [0.717, 1.165) is 0 Å². The van der Waals surface area contributed by atoms with Gasteiger partial charge in [-0.2, -0.15) is 0 Å². The summed E-state index contributed by atoms with van der Waals surface area (Å²) < 4.78 is 10.6. The first kappa shape index (κ1) is 14.0. The third-order valence-electron chi connectivity index (χ3n) is 2.98. The Labute approximate surface area is 109 Å². The minimum absolute atomic E-state index is 0.388. The number of ether oxygens (including phenoxy) is 2. The molecule has 6 N–H and O–H groups in total. The van der Waals surface area contributed by atoms with Crippen molar-refractivity contribution >= 4 is 5.69 Å². The predicted octanol–water partition coefficient (Wildman–Crippen LogP) is -1.55. The highest BCUT2D eigenvalue weighted by atomic mass is 16.7. The van der Waals surface area contributed by atoms with Gasteiger partial charge in [0.05, 0.1) is 6.61 Å². The smallest absolute Gasteiger partial charge is 0.229 e. The molecule has 0 aliphatic carbocycles. The topological polar surface area (TPSA) is 125 Å². The fourth-order valence-electron chi connectivity index (χ4n) is 1.85. The molecule has 0 unspecified atom stereocenters. The number of aliphatic hydroxyl groups is 4. The molecular formula is C12H17NO6. The van der Waals surface area contributed by atoms with Gasteiger partial charge in [-0.3, -0.25) is 0 Å². The summed E-state index contributed by atoms with van der Waals surface area (Å²) in [7, 11) is 0. The largest absolute Gasteiger partial charge is 0.462 e. The minimum Gasteiger partial charge on any atom is -0.462 e. The number of aliphatic hydroxyl groups excluding tert-OH is 4. The number of hydrogen-bond acceptors (Lipinski definition) is 7. The van der Waals surface area contributed by atoms with Crippen LogP contribution in [0.5, 0.6) is 5.75 Å². The van der Waals surface area contributed by atoms with Crippen LogP contribution in [0, 0.1) is 0 Å². The van der Waals surface area contributed by atoms with Crippen LogP contribution in [0.15, 0.2) is 24.3 Å². The van der Waals surface area contributed by atoms with Crippen LogP contribution in [0.25, 0.3) is 0 Å². The molecule has 5 atom stereocenters. The Hall–Kier alpha value is -1.38. The molecule has 0 aromatic heterocycles. The van der Waals surface area contributed by atoms with Gasteiger partial charge in [0.15, 0.2) is 0 Å². The number of hydrogen-bond donors (Lipinski definition) is 5. The van der Waals surface area contributed by atoms with Crippen LogP contribution in [-0.2, 0) is 4.74 Å². The number of nitrogens with two attached hydrogens (primary N) is 1. The van der Waals surface area contributed by atoms with Crippen molar-refractivity contribution in [2.24, 2.45) is 0 Å². The van der Waals surface area contributed by atoms with Crippen molar-refractivity contribution in [3.05, 3.63) is 24.3 Å². The second-order valence-electron chi connectivity index (χ2n) is 4.38. The quantitative estimate of drug-likeness (QED) is 0.421. The standard InChI is InChI=1S/C12H17NO6/c13-6-1-3-7(4-2-6)18-12-11(17)10(16)9(15)8(5-14)19-12/h1-4,8-12,14-17H,5,13H2/t8-,9+,10+,11+,12-/m0/s1. The first-order chi connectivity index (χ1) is 9.02. The van der Waals surface area contributed by atoms with Crippen molar-refractivity contribution in [1.82, 2.24) is 0 Å². The van der Waals surface area contributed by atoms with E-state index in [4.69, 9.17) is 20.3 Å². The molecule has 1 aliphatic rings. The van der Waals surface area contributed by atoms with E-state index in [9.17, 15) is 15.3 Å². The van der Waals surface area contributed by atoms with E-state index < -0.39 is 37.3 Å². The van der Waals surface area contributed by atoms with Crippen LogP contribution in [-0.4, -0.2) is 57.7 Å². The van der Waals surface area contributed by atoms with E-state index in [2.05, 4.69) is 0 Å². The maximum absolute atomic E-state index is 9.77.